The second-order valence-electron chi connectivity index (χ2n) is 14.3. The SMILES string of the molecule is CC(C)CC(/C=C/C(Cc1ccccc1)C(=O)N1CCC[C@@H]1C(=O)NC(CCCNC(=O)OCc1ccccc1)C(=O)O)NC(=O)OC(C)(C)C. The molecule has 0 spiro atoms. The van der Waals surface area contributed by atoms with Gasteiger partial charge in [0.25, 0.3) is 0 Å². The third-order valence-corrected chi connectivity index (χ3v) is 8.22. The van der Waals surface area contributed by atoms with Gasteiger partial charge in [0.15, 0.2) is 0 Å². The molecular formula is C39H54N4O8. The maximum atomic E-state index is 14.2. The van der Waals surface area contributed by atoms with E-state index < -0.39 is 47.7 Å². The number of hydrogen-bond acceptors (Lipinski definition) is 7. The summed E-state index contributed by atoms with van der Waals surface area (Å²) in [5.41, 5.74) is 1.11. The molecule has 12 nitrogen and oxygen atoms in total. The Balaban J connectivity index is 1.65. The van der Waals surface area contributed by atoms with Crippen LogP contribution in [0.5, 0.6) is 0 Å². The Kier molecular flexibility index (Phi) is 16.0. The first-order valence-corrected chi connectivity index (χ1v) is 17.7. The van der Waals surface area contributed by atoms with Gasteiger partial charge in [-0.25, -0.2) is 14.4 Å². The van der Waals surface area contributed by atoms with Crippen LogP contribution in [0.1, 0.15) is 77.8 Å². The van der Waals surface area contributed by atoms with Crippen molar-refractivity contribution in [3.8, 4) is 0 Å². The minimum atomic E-state index is -1.20. The standard InChI is InChI=1S/C39H54N4O8/c1-27(2)24-31(41-38(49)51-39(3,4)5)21-20-30(25-28-14-8-6-9-15-28)35(45)43-23-13-19-33(43)34(44)42-32(36(46)47)18-12-22-40-37(48)50-26-29-16-10-7-11-17-29/h6-11,14-17,20-21,27,30-33H,12-13,18-19,22-26H2,1-5H3,(H,40,48)(H,41,49)(H,42,44)(H,46,47)/b21-20+/t30?,31?,32?,33-/m1/s1. The van der Waals surface area contributed by atoms with E-state index in [0.29, 0.717) is 32.2 Å². The lowest BCUT2D eigenvalue weighted by atomic mass is 9.95. The summed E-state index contributed by atoms with van der Waals surface area (Å²) >= 11 is 0. The van der Waals surface area contributed by atoms with Crippen LogP contribution in [-0.4, -0.2) is 76.8 Å². The quantitative estimate of drug-likeness (QED) is 0.122. The molecule has 1 heterocycles. The molecule has 0 bridgehead atoms. The molecule has 4 N–H and O–H groups in total. The smallest absolute Gasteiger partial charge is 0.408 e. The van der Waals surface area contributed by atoms with Crippen molar-refractivity contribution in [2.45, 2.75) is 103 Å². The topological polar surface area (TPSA) is 163 Å². The van der Waals surface area contributed by atoms with Crippen molar-refractivity contribution in [1.29, 1.82) is 0 Å². The molecule has 3 rings (SSSR count). The van der Waals surface area contributed by atoms with Gasteiger partial charge in [-0.1, -0.05) is 86.7 Å². The van der Waals surface area contributed by atoms with Crippen LogP contribution in [0.3, 0.4) is 0 Å². The molecule has 4 amide bonds. The number of nitrogens with one attached hydrogen (secondary N) is 3. The zero-order chi connectivity index (χ0) is 37.4. The summed E-state index contributed by atoms with van der Waals surface area (Å²) in [4.78, 5) is 66.0. The zero-order valence-electron chi connectivity index (χ0n) is 30.4. The van der Waals surface area contributed by atoms with Crippen LogP contribution in [0.25, 0.3) is 0 Å². The molecule has 0 aromatic heterocycles. The molecule has 2 aromatic carbocycles. The van der Waals surface area contributed by atoms with Gasteiger partial charge in [0.05, 0.1) is 12.0 Å². The van der Waals surface area contributed by atoms with Gasteiger partial charge in [-0.05, 0) is 76.3 Å². The Labute approximate surface area is 301 Å². The molecule has 3 unspecified atom stereocenters. The number of nitrogens with zero attached hydrogens (tertiary/aromatic N) is 1. The minimum absolute atomic E-state index is 0.0714. The number of amides is 4. The molecule has 278 valence electrons. The summed E-state index contributed by atoms with van der Waals surface area (Å²) < 4.78 is 10.7. The maximum Gasteiger partial charge on any atom is 0.408 e. The van der Waals surface area contributed by atoms with Crippen LogP contribution >= 0.6 is 0 Å². The van der Waals surface area contributed by atoms with Gasteiger partial charge in [-0.3, -0.25) is 9.59 Å². The molecule has 0 radical (unpaired) electrons. The normalized spacial score (nSPS) is 16.3. The van der Waals surface area contributed by atoms with Gasteiger partial charge < -0.3 is 35.4 Å². The van der Waals surface area contributed by atoms with E-state index in [1.807, 2.05) is 80.6 Å². The highest BCUT2D eigenvalue weighted by molar-refractivity contribution is 5.92. The first kappa shape index (κ1) is 40.6. The third-order valence-electron chi connectivity index (χ3n) is 8.22. The van der Waals surface area contributed by atoms with E-state index in [9.17, 15) is 29.1 Å². The molecule has 51 heavy (non-hydrogen) atoms. The van der Waals surface area contributed by atoms with Crippen molar-refractivity contribution < 1.29 is 38.6 Å². The number of carboxylic acid groups (broad SMARTS) is 1. The number of carboxylic acids is 1. The van der Waals surface area contributed by atoms with E-state index in [-0.39, 0.29) is 43.9 Å². The van der Waals surface area contributed by atoms with E-state index in [4.69, 9.17) is 9.47 Å². The lowest BCUT2D eigenvalue weighted by molar-refractivity contribution is -0.144. The van der Waals surface area contributed by atoms with E-state index in [0.717, 1.165) is 11.1 Å². The van der Waals surface area contributed by atoms with Crippen molar-refractivity contribution in [2.75, 3.05) is 13.1 Å². The number of alkyl carbamates (subject to hydrolysis) is 2. The largest absolute Gasteiger partial charge is 0.480 e. The van der Waals surface area contributed by atoms with Crippen molar-refractivity contribution in [3.63, 3.8) is 0 Å². The van der Waals surface area contributed by atoms with E-state index in [1.54, 1.807) is 26.8 Å². The number of carbonyl (C=O) groups is 5. The number of carbonyl (C=O) groups excluding carboxylic acids is 4. The van der Waals surface area contributed by atoms with Crippen LogP contribution in [0.15, 0.2) is 72.8 Å². The van der Waals surface area contributed by atoms with E-state index in [2.05, 4.69) is 16.0 Å². The summed E-state index contributed by atoms with van der Waals surface area (Å²) in [5.74, 6) is -2.38. The number of aliphatic carboxylic acids is 1. The highest BCUT2D eigenvalue weighted by Crippen LogP contribution is 2.24. The van der Waals surface area contributed by atoms with Crippen molar-refractivity contribution in [1.82, 2.24) is 20.9 Å². The monoisotopic (exact) mass is 706 g/mol. The van der Waals surface area contributed by atoms with Crippen LogP contribution in [0.2, 0.25) is 0 Å². The Morgan fingerprint density at radius 2 is 1.57 bits per heavy atom. The van der Waals surface area contributed by atoms with Crippen molar-refractivity contribution in [2.24, 2.45) is 11.8 Å². The van der Waals surface area contributed by atoms with Gasteiger partial charge in [0, 0.05) is 13.1 Å². The Morgan fingerprint density at radius 3 is 2.18 bits per heavy atom. The Morgan fingerprint density at radius 1 is 0.922 bits per heavy atom. The number of likely N-dealkylation sites (tertiary alicyclic amines) is 1. The van der Waals surface area contributed by atoms with Gasteiger partial charge in [0.2, 0.25) is 11.8 Å². The third kappa shape index (κ3) is 14.9. The highest BCUT2D eigenvalue weighted by atomic mass is 16.6. The fourth-order valence-electron chi connectivity index (χ4n) is 5.84. The summed E-state index contributed by atoms with van der Waals surface area (Å²) in [6.45, 7) is 10.1. The van der Waals surface area contributed by atoms with Crippen LogP contribution in [0, 0.1) is 11.8 Å². The second kappa shape index (κ2) is 20.1. The van der Waals surface area contributed by atoms with Crippen LogP contribution in [-0.2, 0) is 36.9 Å². The predicted octanol–water partition coefficient (Wildman–Crippen LogP) is 5.61. The number of hydrogen-bond donors (Lipinski definition) is 4. The predicted molar refractivity (Wildman–Crippen MR) is 194 cm³/mol. The molecule has 1 aliphatic rings. The zero-order valence-corrected chi connectivity index (χ0v) is 30.4. The van der Waals surface area contributed by atoms with Crippen LogP contribution < -0.4 is 16.0 Å². The summed E-state index contributed by atoms with van der Waals surface area (Å²) in [5, 5.41) is 18.0. The minimum Gasteiger partial charge on any atom is -0.480 e. The Bertz CT molecular complexity index is 1460. The fourth-order valence-corrected chi connectivity index (χ4v) is 5.84. The number of ether oxygens (including phenoxy) is 2. The molecule has 0 saturated carbocycles. The number of benzene rings is 2. The van der Waals surface area contributed by atoms with E-state index in [1.165, 1.54) is 4.90 Å². The van der Waals surface area contributed by atoms with Crippen molar-refractivity contribution >= 4 is 30.0 Å². The Hall–Kier alpha value is -4.87. The molecule has 1 aliphatic heterocycles. The fraction of sp³-hybridized carbons (Fsp3) is 0.513. The van der Waals surface area contributed by atoms with Crippen molar-refractivity contribution in [3.05, 3.63) is 83.9 Å². The molecular weight excluding hydrogens is 652 g/mol. The molecule has 0 aliphatic carbocycles. The molecule has 2 aromatic rings. The van der Waals surface area contributed by atoms with E-state index >= 15 is 0 Å². The second-order valence-corrected chi connectivity index (χ2v) is 14.3. The highest BCUT2D eigenvalue weighted by Gasteiger charge is 2.38. The first-order chi connectivity index (χ1) is 24.2. The van der Waals surface area contributed by atoms with Gasteiger partial charge in [-0.15, -0.1) is 0 Å². The molecule has 1 saturated heterocycles. The summed E-state index contributed by atoms with van der Waals surface area (Å²) in [6, 6.07) is 16.4. The molecule has 4 atom stereocenters. The van der Waals surface area contributed by atoms with Crippen LogP contribution in [0.4, 0.5) is 9.59 Å². The maximum absolute atomic E-state index is 14.2. The lowest BCUT2D eigenvalue weighted by Crippen LogP contribution is -2.52. The summed E-state index contributed by atoms with van der Waals surface area (Å²) in [6.07, 6.45) is 4.80. The first-order valence-electron chi connectivity index (χ1n) is 17.7. The van der Waals surface area contributed by atoms with Gasteiger partial charge in [0.1, 0.15) is 24.3 Å². The van der Waals surface area contributed by atoms with Gasteiger partial charge in [-0.2, -0.15) is 0 Å². The van der Waals surface area contributed by atoms with Gasteiger partial charge >= 0.3 is 18.2 Å². The number of rotatable bonds is 17. The molecule has 12 heteroatoms. The average molecular weight is 707 g/mol. The average Bonchev–Trinajstić information content (AvgIpc) is 3.56. The summed E-state index contributed by atoms with van der Waals surface area (Å²) in [7, 11) is 0. The molecule has 1 fully saturated rings. The lowest BCUT2D eigenvalue weighted by Gasteiger charge is -2.28.